The summed E-state index contributed by atoms with van der Waals surface area (Å²) in [6, 6.07) is 4.84. The van der Waals surface area contributed by atoms with Crippen LogP contribution < -0.4 is 9.47 Å². The summed E-state index contributed by atoms with van der Waals surface area (Å²) >= 11 is 0. The third-order valence-corrected chi connectivity index (χ3v) is 7.19. The number of benzene rings is 1. The quantitative estimate of drug-likeness (QED) is 0.834. The lowest BCUT2D eigenvalue weighted by molar-refractivity contribution is 0.0624. The summed E-state index contributed by atoms with van der Waals surface area (Å²) in [5, 5.41) is 0. The molecule has 0 N–H and O–H groups in total. The van der Waals surface area contributed by atoms with E-state index >= 15 is 0 Å². The fourth-order valence-electron chi connectivity index (χ4n) is 5.85. The molecular weight excluding hydrogens is 326 g/mol. The van der Waals surface area contributed by atoms with Gasteiger partial charge in [0, 0.05) is 24.7 Å². The highest BCUT2D eigenvalue weighted by Crippen LogP contribution is 2.62. The van der Waals surface area contributed by atoms with E-state index in [2.05, 4.69) is 29.2 Å². The van der Waals surface area contributed by atoms with E-state index < -0.39 is 0 Å². The molecular formula is C22H25NO3. The van der Waals surface area contributed by atoms with Gasteiger partial charge < -0.3 is 14.2 Å². The van der Waals surface area contributed by atoms with E-state index in [4.69, 9.17) is 14.2 Å². The third-order valence-electron chi connectivity index (χ3n) is 7.19. The zero-order valence-corrected chi connectivity index (χ0v) is 15.5. The van der Waals surface area contributed by atoms with Crippen LogP contribution in [0.3, 0.4) is 0 Å². The van der Waals surface area contributed by atoms with Crippen molar-refractivity contribution in [2.75, 3.05) is 27.3 Å². The van der Waals surface area contributed by atoms with Gasteiger partial charge in [0.05, 0.1) is 19.6 Å². The van der Waals surface area contributed by atoms with Gasteiger partial charge in [-0.15, -0.1) is 0 Å². The second-order valence-electron chi connectivity index (χ2n) is 8.40. The first-order valence-electron chi connectivity index (χ1n) is 9.83. The van der Waals surface area contributed by atoms with Crippen LogP contribution in [0.15, 0.2) is 35.6 Å². The van der Waals surface area contributed by atoms with Crippen LogP contribution in [0.2, 0.25) is 0 Å². The minimum absolute atomic E-state index is 0.0524. The first-order chi connectivity index (χ1) is 12.8. The predicted molar refractivity (Wildman–Crippen MR) is 98.7 cm³/mol. The smallest absolute Gasteiger partial charge is 0.169 e. The van der Waals surface area contributed by atoms with Crippen molar-refractivity contribution in [3.05, 3.63) is 46.7 Å². The Morgan fingerprint density at radius 3 is 2.85 bits per heavy atom. The monoisotopic (exact) mass is 351 g/mol. The van der Waals surface area contributed by atoms with Gasteiger partial charge in [-0.05, 0) is 54.9 Å². The molecule has 1 spiro atoms. The van der Waals surface area contributed by atoms with Crippen LogP contribution in [0.25, 0.3) is 0 Å². The molecule has 5 aliphatic rings. The average molecular weight is 351 g/mol. The van der Waals surface area contributed by atoms with Gasteiger partial charge in [-0.2, -0.15) is 0 Å². The summed E-state index contributed by atoms with van der Waals surface area (Å²) in [5.74, 6) is 3.65. The Bertz CT molecular complexity index is 853. The van der Waals surface area contributed by atoms with Crippen LogP contribution in [0, 0.1) is 5.92 Å². The first-order valence-corrected chi connectivity index (χ1v) is 9.83. The fraction of sp³-hybridized carbons (Fsp3) is 0.545. The van der Waals surface area contributed by atoms with E-state index in [9.17, 15) is 0 Å². The Balaban J connectivity index is 1.56. The summed E-state index contributed by atoms with van der Waals surface area (Å²) in [4.78, 5) is 2.74. The lowest BCUT2D eigenvalue weighted by Crippen LogP contribution is -2.59. The van der Waals surface area contributed by atoms with Crippen molar-refractivity contribution in [2.45, 2.75) is 43.2 Å². The van der Waals surface area contributed by atoms with Gasteiger partial charge in [-0.3, -0.25) is 4.90 Å². The molecule has 136 valence electrons. The number of rotatable bonds is 4. The third kappa shape index (κ3) is 1.74. The Labute approximate surface area is 154 Å². The summed E-state index contributed by atoms with van der Waals surface area (Å²) in [7, 11) is 3.49. The van der Waals surface area contributed by atoms with Crippen LogP contribution >= 0.6 is 0 Å². The minimum atomic E-state index is -0.0672. The Hall–Kier alpha value is -1.94. The lowest BCUT2D eigenvalue weighted by Gasteiger charge is -2.53. The SMILES string of the molecule is COC1=CC=C2[C@H]3Cc4ccc(OC)c5c4[C@@]2(CCN3CC2CC2)[C@H]1O5. The van der Waals surface area contributed by atoms with Gasteiger partial charge in [-0.25, -0.2) is 0 Å². The van der Waals surface area contributed by atoms with Crippen molar-refractivity contribution in [3.8, 4) is 11.5 Å². The van der Waals surface area contributed by atoms with Crippen molar-refractivity contribution in [1.29, 1.82) is 0 Å². The van der Waals surface area contributed by atoms with Gasteiger partial charge in [0.25, 0.3) is 0 Å². The van der Waals surface area contributed by atoms with Crippen LogP contribution in [0.4, 0.5) is 0 Å². The molecule has 3 atom stereocenters. The number of ether oxygens (including phenoxy) is 3. The van der Waals surface area contributed by atoms with Crippen LogP contribution in [0.1, 0.15) is 30.4 Å². The Morgan fingerprint density at radius 1 is 1.19 bits per heavy atom. The van der Waals surface area contributed by atoms with Crippen LogP contribution in [-0.2, 0) is 16.6 Å². The molecule has 2 heterocycles. The maximum absolute atomic E-state index is 6.56. The number of methoxy groups -OCH3 is 2. The zero-order valence-electron chi connectivity index (χ0n) is 15.5. The number of hydrogen-bond acceptors (Lipinski definition) is 4. The molecule has 0 amide bonds. The maximum atomic E-state index is 6.56. The number of allylic oxidation sites excluding steroid dienone is 2. The van der Waals surface area contributed by atoms with Crippen molar-refractivity contribution in [1.82, 2.24) is 4.90 Å². The maximum Gasteiger partial charge on any atom is 0.169 e. The minimum Gasteiger partial charge on any atom is -0.497 e. The van der Waals surface area contributed by atoms with E-state index in [1.165, 1.54) is 36.1 Å². The molecule has 1 saturated heterocycles. The van der Waals surface area contributed by atoms with Crippen LogP contribution in [-0.4, -0.2) is 44.4 Å². The van der Waals surface area contributed by atoms with E-state index in [1.54, 1.807) is 14.2 Å². The van der Waals surface area contributed by atoms with E-state index in [1.807, 2.05) is 0 Å². The summed E-state index contributed by atoms with van der Waals surface area (Å²) in [6.45, 7) is 2.40. The molecule has 1 saturated carbocycles. The first kappa shape index (κ1) is 15.2. The summed E-state index contributed by atoms with van der Waals surface area (Å²) < 4.78 is 17.9. The second-order valence-corrected chi connectivity index (χ2v) is 8.40. The molecule has 3 aliphatic carbocycles. The van der Waals surface area contributed by atoms with Gasteiger partial charge in [-0.1, -0.05) is 12.1 Å². The highest BCUT2D eigenvalue weighted by molar-refractivity contribution is 5.67. The topological polar surface area (TPSA) is 30.9 Å². The normalized spacial score (nSPS) is 33.8. The zero-order chi connectivity index (χ0) is 17.5. The number of hydrogen-bond donors (Lipinski definition) is 0. The molecule has 2 aliphatic heterocycles. The molecule has 4 nitrogen and oxygen atoms in total. The van der Waals surface area contributed by atoms with Gasteiger partial charge >= 0.3 is 0 Å². The largest absolute Gasteiger partial charge is 0.497 e. The highest BCUT2D eigenvalue weighted by atomic mass is 16.6. The van der Waals surface area contributed by atoms with Gasteiger partial charge in [0.15, 0.2) is 17.6 Å². The van der Waals surface area contributed by atoms with Crippen molar-refractivity contribution in [2.24, 2.45) is 5.92 Å². The fourth-order valence-corrected chi connectivity index (χ4v) is 5.85. The van der Waals surface area contributed by atoms with E-state index in [0.29, 0.717) is 6.04 Å². The second kappa shape index (κ2) is 5.07. The standard InChI is InChI=1S/C22H25NO3/c1-24-17-7-5-14-11-16-15-6-8-18(25-2)21-22(15,19(14)20(17)26-21)9-10-23(16)12-13-3-4-13/h5-8,13,16,21H,3-4,9-12H2,1-2H3/t16-,21+,22+/m1/s1. The number of piperidine rings is 1. The molecule has 1 aromatic rings. The van der Waals surface area contributed by atoms with Crippen molar-refractivity contribution < 1.29 is 14.2 Å². The predicted octanol–water partition coefficient (Wildman–Crippen LogP) is 3.20. The van der Waals surface area contributed by atoms with E-state index in [-0.39, 0.29) is 11.5 Å². The molecule has 4 heteroatoms. The van der Waals surface area contributed by atoms with Crippen molar-refractivity contribution >= 4 is 0 Å². The molecule has 2 fully saturated rings. The van der Waals surface area contributed by atoms with E-state index in [0.717, 1.165) is 42.6 Å². The Morgan fingerprint density at radius 2 is 2.08 bits per heavy atom. The highest BCUT2D eigenvalue weighted by Gasteiger charge is 2.62. The van der Waals surface area contributed by atoms with Gasteiger partial charge in [0.2, 0.25) is 0 Å². The van der Waals surface area contributed by atoms with Crippen molar-refractivity contribution in [3.63, 3.8) is 0 Å². The molecule has 26 heavy (non-hydrogen) atoms. The lowest BCUT2D eigenvalue weighted by atomic mass is 9.57. The summed E-state index contributed by atoms with van der Waals surface area (Å²) in [6.07, 6.45) is 9.41. The number of nitrogens with zero attached hydrogens (tertiary/aromatic N) is 1. The molecule has 1 aromatic carbocycles. The number of likely N-dealkylation sites (tertiary alicyclic amines) is 1. The van der Waals surface area contributed by atoms with Gasteiger partial charge in [0.1, 0.15) is 5.76 Å². The molecule has 0 unspecified atom stereocenters. The molecule has 0 radical (unpaired) electrons. The summed E-state index contributed by atoms with van der Waals surface area (Å²) in [5.41, 5.74) is 4.28. The molecule has 0 aromatic heterocycles. The Kier molecular flexibility index (Phi) is 2.95. The van der Waals surface area contributed by atoms with Crippen LogP contribution in [0.5, 0.6) is 11.5 Å². The molecule has 2 bridgehead atoms. The average Bonchev–Trinajstić information content (AvgIpc) is 3.41. The molecule has 6 rings (SSSR count).